The van der Waals surface area contributed by atoms with Crippen LogP contribution in [0.1, 0.15) is 17.3 Å². The van der Waals surface area contributed by atoms with E-state index in [1.54, 1.807) is 7.05 Å². The molecule has 0 aliphatic carbocycles. The molecule has 0 spiro atoms. The molecule has 0 aliphatic rings. The van der Waals surface area contributed by atoms with Crippen LogP contribution in [-0.4, -0.2) is 15.0 Å². The van der Waals surface area contributed by atoms with Gasteiger partial charge < -0.3 is 5.73 Å². The Kier molecular flexibility index (Phi) is 2.84. The summed E-state index contributed by atoms with van der Waals surface area (Å²) >= 11 is 0. The van der Waals surface area contributed by atoms with Crippen LogP contribution in [-0.2, 0) is 7.05 Å². The molecule has 0 radical (unpaired) electrons. The van der Waals surface area contributed by atoms with Gasteiger partial charge in [-0.1, -0.05) is 5.21 Å². The molecule has 2 N–H and O–H groups in total. The Hall–Kier alpha value is -1.89. The molecule has 4 nitrogen and oxygen atoms in total. The van der Waals surface area contributed by atoms with Crippen molar-refractivity contribution in [3.8, 4) is 0 Å². The van der Waals surface area contributed by atoms with Crippen molar-refractivity contribution in [3.05, 3.63) is 47.0 Å². The van der Waals surface area contributed by atoms with Crippen LogP contribution in [0.4, 0.5) is 13.2 Å². The molecular formula is C10H9F3N4. The number of nitrogens with zero attached hydrogens (tertiary/aromatic N) is 3. The molecule has 0 aliphatic heterocycles. The summed E-state index contributed by atoms with van der Waals surface area (Å²) in [4.78, 5) is 0. The van der Waals surface area contributed by atoms with E-state index in [1.165, 1.54) is 10.9 Å². The smallest absolute Gasteiger partial charge is 0.134 e. The van der Waals surface area contributed by atoms with Crippen molar-refractivity contribution in [2.75, 3.05) is 0 Å². The molecule has 0 saturated carbocycles. The Balaban J connectivity index is 2.51. The van der Waals surface area contributed by atoms with E-state index in [4.69, 9.17) is 5.73 Å². The predicted octanol–water partition coefficient (Wildman–Crippen LogP) is 1.28. The molecule has 1 aromatic heterocycles. The molecule has 1 heterocycles. The standard InChI is InChI=1S/C10H9F3N4/c1-17-8(4-15-16-17)10(14)9-6(12)2-5(11)3-7(9)13/h2-4,10H,14H2,1H3. The van der Waals surface area contributed by atoms with Crippen LogP contribution >= 0.6 is 0 Å². The lowest BCUT2D eigenvalue weighted by atomic mass is 10.0. The summed E-state index contributed by atoms with van der Waals surface area (Å²) in [7, 11) is 1.54. The summed E-state index contributed by atoms with van der Waals surface area (Å²) in [6.45, 7) is 0. The fraction of sp³-hybridized carbons (Fsp3) is 0.200. The Morgan fingerprint density at radius 3 is 2.29 bits per heavy atom. The van der Waals surface area contributed by atoms with Gasteiger partial charge in [0.25, 0.3) is 0 Å². The average molecular weight is 242 g/mol. The zero-order valence-electron chi connectivity index (χ0n) is 8.86. The van der Waals surface area contributed by atoms with E-state index in [2.05, 4.69) is 10.3 Å². The zero-order valence-corrected chi connectivity index (χ0v) is 8.86. The van der Waals surface area contributed by atoms with Crippen LogP contribution in [0.2, 0.25) is 0 Å². The van der Waals surface area contributed by atoms with Crippen LogP contribution in [0.3, 0.4) is 0 Å². The second-order valence-corrected chi connectivity index (χ2v) is 3.54. The van der Waals surface area contributed by atoms with E-state index >= 15 is 0 Å². The number of hydrogen-bond donors (Lipinski definition) is 1. The zero-order chi connectivity index (χ0) is 12.6. The van der Waals surface area contributed by atoms with E-state index in [0.717, 1.165) is 0 Å². The van der Waals surface area contributed by atoms with Crippen molar-refractivity contribution in [2.45, 2.75) is 6.04 Å². The molecule has 1 atom stereocenters. The SMILES string of the molecule is Cn1nncc1C(N)c1c(F)cc(F)cc1F. The summed E-state index contributed by atoms with van der Waals surface area (Å²) in [6.07, 6.45) is 1.30. The Labute approximate surface area is 94.9 Å². The highest BCUT2D eigenvalue weighted by atomic mass is 19.1. The first-order chi connectivity index (χ1) is 8.00. The first-order valence-corrected chi connectivity index (χ1v) is 4.75. The Morgan fingerprint density at radius 1 is 1.24 bits per heavy atom. The van der Waals surface area contributed by atoms with Gasteiger partial charge >= 0.3 is 0 Å². The van der Waals surface area contributed by atoms with E-state index in [9.17, 15) is 13.2 Å². The minimum atomic E-state index is -1.09. The lowest BCUT2D eigenvalue weighted by Gasteiger charge is -2.13. The van der Waals surface area contributed by atoms with Crippen LogP contribution < -0.4 is 5.73 Å². The number of rotatable bonds is 2. The number of aromatic nitrogens is 3. The molecule has 0 fully saturated rings. The van der Waals surface area contributed by atoms with Crippen LogP contribution in [0.25, 0.3) is 0 Å². The first-order valence-electron chi connectivity index (χ1n) is 4.75. The van der Waals surface area contributed by atoms with Crippen LogP contribution in [0, 0.1) is 17.5 Å². The summed E-state index contributed by atoms with van der Waals surface area (Å²) in [5.74, 6) is -3.05. The molecule has 0 amide bonds. The van der Waals surface area contributed by atoms with Gasteiger partial charge in [-0.05, 0) is 0 Å². The van der Waals surface area contributed by atoms with Gasteiger partial charge in [-0.3, -0.25) is 4.68 Å². The summed E-state index contributed by atoms with van der Waals surface area (Å²) in [5.41, 5.74) is 5.63. The molecule has 7 heteroatoms. The molecule has 2 aromatic rings. The fourth-order valence-electron chi connectivity index (χ4n) is 1.58. The summed E-state index contributed by atoms with van der Waals surface area (Å²) < 4.78 is 41.0. The number of hydrogen-bond acceptors (Lipinski definition) is 3. The predicted molar refractivity (Wildman–Crippen MR) is 53.3 cm³/mol. The van der Waals surface area contributed by atoms with Crippen LogP contribution in [0.15, 0.2) is 18.3 Å². The highest BCUT2D eigenvalue weighted by Gasteiger charge is 2.22. The molecule has 2 rings (SSSR count). The van der Waals surface area contributed by atoms with Crippen molar-refractivity contribution in [2.24, 2.45) is 12.8 Å². The van der Waals surface area contributed by atoms with Crippen molar-refractivity contribution in [3.63, 3.8) is 0 Å². The maximum Gasteiger partial charge on any atom is 0.134 e. The minimum absolute atomic E-state index is 0.328. The monoisotopic (exact) mass is 242 g/mol. The van der Waals surface area contributed by atoms with Gasteiger partial charge in [-0.15, -0.1) is 5.10 Å². The maximum atomic E-state index is 13.5. The van der Waals surface area contributed by atoms with Crippen molar-refractivity contribution < 1.29 is 13.2 Å². The quantitative estimate of drug-likeness (QED) is 0.863. The fourth-order valence-corrected chi connectivity index (χ4v) is 1.58. The number of aryl methyl sites for hydroxylation is 1. The van der Waals surface area contributed by atoms with Gasteiger partial charge in [-0.2, -0.15) is 0 Å². The van der Waals surface area contributed by atoms with Gasteiger partial charge in [0.15, 0.2) is 0 Å². The molecule has 1 aromatic carbocycles. The highest BCUT2D eigenvalue weighted by molar-refractivity contribution is 5.29. The lowest BCUT2D eigenvalue weighted by molar-refractivity contribution is 0.508. The average Bonchev–Trinajstić information content (AvgIpc) is 2.62. The summed E-state index contributed by atoms with van der Waals surface area (Å²) in [6, 6.07) is 0.0834. The number of benzene rings is 1. The van der Waals surface area contributed by atoms with Crippen molar-refractivity contribution in [1.82, 2.24) is 15.0 Å². The number of nitrogens with two attached hydrogens (primary N) is 1. The van der Waals surface area contributed by atoms with Gasteiger partial charge in [0, 0.05) is 24.7 Å². The van der Waals surface area contributed by atoms with E-state index < -0.39 is 29.1 Å². The molecule has 90 valence electrons. The summed E-state index contributed by atoms with van der Waals surface area (Å²) in [5, 5.41) is 7.17. The van der Waals surface area contributed by atoms with Crippen molar-refractivity contribution in [1.29, 1.82) is 0 Å². The lowest BCUT2D eigenvalue weighted by Crippen LogP contribution is -2.19. The normalized spacial score (nSPS) is 12.8. The topological polar surface area (TPSA) is 56.7 Å². The third-order valence-electron chi connectivity index (χ3n) is 2.42. The van der Waals surface area contributed by atoms with Gasteiger partial charge in [0.1, 0.15) is 17.5 Å². The highest BCUT2D eigenvalue weighted by Crippen LogP contribution is 2.24. The van der Waals surface area contributed by atoms with Gasteiger partial charge in [0.05, 0.1) is 17.9 Å². The number of halogens is 3. The largest absolute Gasteiger partial charge is 0.319 e. The van der Waals surface area contributed by atoms with E-state index in [1.807, 2.05) is 0 Å². The van der Waals surface area contributed by atoms with Gasteiger partial charge in [0.2, 0.25) is 0 Å². The van der Waals surface area contributed by atoms with E-state index in [-0.39, 0.29) is 0 Å². The Morgan fingerprint density at radius 2 is 1.82 bits per heavy atom. The van der Waals surface area contributed by atoms with Gasteiger partial charge in [-0.25, -0.2) is 13.2 Å². The maximum absolute atomic E-state index is 13.5. The molecule has 0 bridgehead atoms. The minimum Gasteiger partial charge on any atom is -0.319 e. The van der Waals surface area contributed by atoms with Crippen molar-refractivity contribution >= 4 is 0 Å². The Bertz CT molecular complexity index is 529. The third kappa shape index (κ3) is 2.01. The molecule has 17 heavy (non-hydrogen) atoms. The molecular weight excluding hydrogens is 233 g/mol. The molecule has 0 saturated heterocycles. The second kappa shape index (κ2) is 4.17. The van der Waals surface area contributed by atoms with Crippen LogP contribution in [0.5, 0.6) is 0 Å². The molecule has 1 unspecified atom stereocenters. The second-order valence-electron chi connectivity index (χ2n) is 3.54. The van der Waals surface area contributed by atoms with E-state index in [0.29, 0.717) is 17.8 Å². The first kappa shape index (κ1) is 11.6. The third-order valence-corrected chi connectivity index (χ3v) is 2.42.